The minimum Gasteiger partial charge on any atom is -0.493 e. The van der Waals surface area contributed by atoms with E-state index in [2.05, 4.69) is 0 Å². The van der Waals surface area contributed by atoms with Gasteiger partial charge in [-0.2, -0.15) is 0 Å². The van der Waals surface area contributed by atoms with Crippen LogP contribution in [0.25, 0.3) is 0 Å². The highest BCUT2D eigenvalue weighted by Crippen LogP contribution is 2.40. The molecule has 7 nitrogen and oxygen atoms in total. The van der Waals surface area contributed by atoms with E-state index < -0.39 is 6.10 Å². The number of hydrogen-bond acceptors (Lipinski definition) is 6. The molecule has 0 spiro atoms. The van der Waals surface area contributed by atoms with Crippen LogP contribution in [0.1, 0.15) is 23.2 Å². The Bertz CT molecular complexity index is 568. The van der Waals surface area contributed by atoms with Crippen LogP contribution in [0.15, 0.2) is 12.1 Å². The van der Waals surface area contributed by atoms with Gasteiger partial charge in [-0.1, -0.05) is 0 Å². The molecule has 2 N–H and O–H groups in total. The van der Waals surface area contributed by atoms with Crippen molar-refractivity contribution in [3.8, 4) is 17.2 Å². The van der Waals surface area contributed by atoms with Gasteiger partial charge in [-0.15, -0.1) is 0 Å². The van der Waals surface area contributed by atoms with Gasteiger partial charge < -0.3 is 29.3 Å². The van der Waals surface area contributed by atoms with Crippen molar-refractivity contribution in [3.63, 3.8) is 0 Å². The number of hydrogen-bond donors (Lipinski definition) is 2. The lowest BCUT2D eigenvalue weighted by Crippen LogP contribution is -2.42. The van der Waals surface area contributed by atoms with E-state index in [4.69, 9.17) is 19.3 Å². The largest absolute Gasteiger partial charge is 0.493 e. The fraction of sp³-hybridized carbons (Fsp3) is 0.588. The Hall–Kier alpha value is -1.99. The molecule has 1 heterocycles. The van der Waals surface area contributed by atoms with Gasteiger partial charge in [-0.25, -0.2) is 0 Å². The number of ether oxygens (including phenoxy) is 3. The van der Waals surface area contributed by atoms with Crippen molar-refractivity contribution in [1.82, 2.24) is 4.90 Å². The van der Waals surface area contributed by atoms with Crippen LogP contribution in [0, 0.1) is 5.92 Å². The molecule has 134 valence electrons. The van der Waals surface area contributed by atoms with Crippen LogP contribution in [0.3, 0.4) is 0 Å². The van der Waals surface area contributed by atoms with E-state index in [1.165, 1.54) is 21.3 Å². The van der Waals surface area contributed by atoms with Crippen LogP contribution < -0.4 is 14.2 Å². The second kappa shape index (κ2) is 8.21. The van der Waals surface area contributed by atoms with E-state index >= 15 is 0 Å². The van der Waals surface area contributed by atoms with Gasteiger partial charge in [0.2, 0.25) is 5.75 Å². The maximum atomic E-state index is 12.8. The summed E-state index contributed by atoms with van der Waals surface area (Å²) in [5, 5.41) is 18.8. The molecule has 1 fully saturated rings. The highest BCUT2D eigenvalue weighted by Gasteiger charge is 2.30. The molecular formula is C17H25NO6. The first kappa shape index (κ1) is 18.4. The number of rotatable bonds is 6. The van der Waals surface area contributed by atoms with Crippen molar-refractivity contribution in [1.29, 1.82) is 0 Å². The van der Waals surface area contributed by atoms with Crippen LogP contribution >= 0.6 is 0 Å². The Balaban J connectivity index is 2.19. The van der Waals surface area contributed by atoms with Gasteiger partial charge >= 0.3 is 0 Å². The first-order chi connectivity index (χ1) is 11.6. The first-order valence-electron chi connectivity index (χ1n) is 7.94. The molecule has 1 atom stereocenters. The number of carbonyl (C=O) groups is 1. The van der Waals surface area contributed by atoms with Crippen LogP contribution in [0.2, 0.25) is 0 Å². The quantitative estimate of drug-likeness (QED) is 0.801. The number of amides is 1. The minimum absolute atomic E-state index is 0.0198. The molecule has 1 aliphatic rings. The summed E-state index contributed by atoms with van der Waals surface area (Å²) in [5.74, 6) is 1.10. The smallest absolute Gasteiger partial charge is 0.257 e. The molecule has 0 radical (unpaired) electrons. The summed E-state index contributed by atoms with van der Waals surface area (Å²) in [6, 6.07) is 3.34. The third kappa shape index (κ3) is 3.57. The maximum absolute atomic E-state index is 12.8. The summed E-state index contributed by atoms with van der Waals surface area (Å²) in [4.78, 5) is 14.6. The van der Waals surface area contributed by atoms with Crippen molar-refractivity contribution in [2.24, 2.45) is 5.92 Å². The summed E-state index contributed by atoms with van der Waals surface area (Å²) in [5.41, 5.74) is 0.413. The molecule has 0 bridgehead atoms. The lowest BCUT2D eigenvalue weighted by molar-refractivity contribution is 0.0178. The Labute approximate surface area is 141 Å². The van der Waals surface area contributed by atoms with Crippen molar-refractivity contribution >= 4 is 5.91 Å². The zero-order valence-corrected chi connectivity index (χ0v) is 14.3. The first-order valence-corrected chi connectivity index (χ1v) is 7.94. The number of methoxy groups -OCH3 is 3. The van der Waals surface area contributed by atoms with E-state index in [0.29, 0.717) is 48.7 Å². The van der Waals surface area contributed by atoms with Crippen molar-refractivity contribution in [3.05, 3.63) is 17.7 Å². The number of benzene rings is 1. The van der Waals surface area contributed by atoms with Gasteiger partial charge in [-0.05, 0) is 30.9 Å². The Morgan fingerprint density at radius 3 is 2.29 bits per heavy atom. The van der Waals surface area contributed by atoms with Crippen molar-refractivity contribution in [2.45, 2.75) is 18.9 Å². The van der Waals surface area contributed by atoms with E-state index in [-0.39, 0.29) is 18.4 Å². The summed E-state index contributed by atoms with van der Waals surface area (Å²) in [7, 11) is 4.50. The average molecular weight is 339 g/mol. The molecule has 24 heavy (non-hydrogen) atoms. The number of likely N-dealkylation sites (tertiary alicyclic amines) is 1. The number of aliphatic hydroxyl groups excluding tert-OH is 2. The third-order valence-electron chi connectivity index (χ3n) is 4.49. The topological polar surface area (TPSA) is 88.5 Å². The Morgan fingerprint density at radius 1 is 1.17 bits per heavy atom. The van der Waals surface area contributed by atoms with E-state index in [0.717, 1.165) is 0 Å². The zero-order chi connectivity index (χ0) is 17.7. The van der Waals surface area contributed by atoms with E-state index in [1.807, 2.05) is 0 Å². The standard InChI is InChI=1S/C17H25NO6/c1-22-14-5-4-12(15(23-2)16(14)24-3)17(21)18-8-6-11(7-9-18)13(20)10-19/h4-5,11,13,19-20H,6-10H2,1-3H3. The van der Waals surface area contributed by atoms with Gasteiger partial charge in [0.1, 0.15) is 0 Å². The normalized spacial score (nSPS) is 16.6. The highest BCUT2D eigenvalue weighted by atomic mass is 16.5. The minimum atomic E-state index is -0.724. The molecule has 0 aromatic heterocycles. The molecule has 0 aliphatic carbocycles. The molecule has 1 aromatic rings. The zero-order valence-electron chi connectivity index (χ0n) is 14.3. The molecule has 1 unspecified atom stereocenters. The van der Waals surface area contributed by atoms with E-state index in [9.17, 15) is 9.90 Å². The van der Waals surface area contributed by atoms with Gasteiger partial charge in [-0.3, -0.25) is 4.79 Å². The summed E-state index contributed by atoms with van der Waals surface area (Å²) in [6.07, 6.45) is 0.587. The fourth-order valence-corrected chi connectivity index (χ4v) is 3.08. The molecule has 0 saturated carbocycles. The molecule has 1 aromatic carbocycles. The van der Waals surface area contributed by atoms with Crippen LogP contribution in [-0.2, 0) is 0 Å². The molecule has 2 rings (SSSR count). The molecule has 1 saturated heterocycles. The second-order valence-electron chi connectivity index (χ2n) is 5.76. The number of carbonyl (C=O) groups excluding carboxylic acids is 1. The fourth-order valence-electron chi connectivity index (χ4n) is 3.08. The van der Waals surface area contributed by atoms with Gasteiger partial charge in [0.15, 0.2) is 11.5 Å². The van der Waals surface area contributed by atoms with Gasteiger partial charge in [0.05, 0.1) is 39.6 Å². The van der Waals surface area contributed by atoms with Crippen LogP contribution in [-0.4, -0.2) is 68.1 Å². The van der Waals surface area contributed by atoms with Crippen LogP contribution in [0.4, 0.5) is 0 Å². The second-order valence-corrected chi connectivity index (χ2v) is 5.76. The SMILES string of the molecule is COc1ccc(C(=O)N2CCC(C(O)CO)CC2)c(OC)c1OC. The summed E-state index contributed by atoms with van der Waals surface area (Å²) >= 11 is 0. The lowest BCUT2D eigenvalue weighted by atomic mass is 9.91. The summed E-state index contributed by atoms with van der Waals surface area (Å²) < 4.78 is 15.9. The molecular weight excluding hydrogens is 314 g/mol. The lowest BCUT2D eigenvalue weighted by Gasteiger charge is -2.34. The van der Waals surface area contributed by atoms with Gasteiger partial charge in [0.25, 0.3) is 5.91 Å². The summed E-state index contributed by atoms with van der Waals surface area (Å²) in [6.45, 7) is 0.804. The van der Waals surface area contributed by atoms with Crippen molar-refractivity contribution < 1.29 is 29.2 Å². The van der Waals surface area contributed by atoms with Crippen LogP contribution in [0.5, 0.6) is 17.2 Å². The van der Waals surface area contributed by atoms with E-state index in [1.54, 1.807) is 17.0 Å². The average Bonchev–Trinajstić information content (AvgIpc) is 2.65. The maximum Gasteiger partial charge on any atom is 0.257 e. The Kier molecular flexibility index (Phi) is 6.28. The predicted octanol–water partition coefficient (Wildman–Crippen LogP) is 0.918. The molecule has 7 heteroatoms. The monoisotopic (exact) mass is 339 g/mol. The third-order valence-corrected chi connectivity index (χ3v) is 4.49. The molecule has 1 amide bonds. The number of nitrogens with zero attached hydrogens (tertiary/aromatic N) is 1. The van der Waals surface area contributed by atoms with Crippen molar-refractivity contribution in [2.75, 3.05) is 41.0 Å². The Morgan fingerprint density at radius 2 is 1.79 bits per heavy atom. The van der Waals surface area contributed by atoms with Gasteiger partial charge in [0, 0.05) is 13.1 Å². The number of piperidine rings is 1. The number of aliphatic hydroxyl groups is 2. The predicted molar refractivity (Wildman–Crippen MR) is 87.8 cm³/mol. The molecule has 1 aliphatic heterocycles. The highest BCUT2D eigenvalue weighted by molar-refractivity contribution is 5.98.